The number of pyridine rings is 1. The average molecular weight is 575 g/mol. The van der Waals surface area contributed by atoms with E-state index in [0.717, 1.165) is 43.2 Å². The summed E-state index contributed by atoms with van der Waals surface area (Å²) in [7, 11) is 0. The Balaban J connectivity index is 1.19. The molecule has 202 valence electrons. The Morgan fingerprint density at radius 1 is 0.951 bits per heavy atom. The Labute approximate surface area is 246 Å². The van der Waals surface area contributed by atoms with Gasteiger partial charge in [0.2, 0.25) is 5.91 Å². The Morgan fingerprint density at radius 2 is 1.78 bits per heavy atom. The molecule has 3 aromatic heterocycles. The first kappa shape index (κ1) is 25.4. The highest BCUT2D eigenvalue weighted by Gasteiger charge is 2.41. The summed E-state index contributed by atoms with van der Waals surface area (Å²) in [5.74, 6) is -0.0641. The van der Waals surface area contributed by atoms with Gasteiger partial charge in [-0.2, -0.15) is 0 Å². The van der Waals surface area contributed by atoms with Crippen LogP contribution in [0.2, 0.25) is 0 Å². The Morgan fingerprint density at radius 3 is 2.66 bits per heavy atom. The van der Waals surface area contributed by atoms with Crippen LogP contribution in [0.1, 0.15) is 29.9 Å². The van der Waals surface area contributed by atoms with E-state index in [1.165, 1.54) is 0 Å². The summed E-state index contributed by atoms with van der Waals surface area (Å²) in [6.45, 7) is 0.446. The van der Waals surface area contributed by atoms with Crippen molar-refractivity contribution < 1.29 is 4.79 Å². The van der Waals surface area contributed by atoms with Gasteiger partial charge in [-0.15, -0.1) is 0 Å². The standard InChI is InChI=1S/C32H26N6OS2/c39-28(34-23-14-7-10-21-9-1-2-11-22(21)23)17-20-38-30(29(36-31(38)40)25-13-5-6-18-33-25)26-15-8-19-37(26)32-35-24-12-3-4-16-27(24)41-32/h1-16,18-19,29-30H,17,20H2,(H,34,39)(H,36,40)/t29-,30+/m1/s1. The minimum atomic E-state index is -0.190. The molecule has 0 radical (unpaired) electrons. The second-order valence-electron chi connectivity index (χ2n) is 9.91. The molecule has 0 unspecified atom stereocenters. The SMILES string of the molecule is O=C(CCN1C(=S)N[C@H](c2ccccn2)[C@@H]1c1cccn1-c1nc2ccccc2s1)Nc1cccc2ccccc12. The number of fused-ring (bicyclic) bond motifs is 2. The second kappa shape index (κ2) is 10.8. The highest BCUT2D eigenvalue weighted by Crippen LogP contribution is 2.40. The Hall–Kier alpha value is -4.60. The van der Waals surface area contributed by atoms with Gasteiger partial charge in [0.25, 0.3) is 0 Å². The number of benzene rings is 3. The molecule has 7 nitrogen and oxygen atoms in total. The number of anilines is 1. The quantitative estimate of drug-likeness (QED) is 0.208. The third kappa shape index (κ3) is 4.83. The summed E-state index contributed by atoms with van der Waals surface area (Å²) < 4.78 is 3.26. The summed E-state index contributed by atoms with van der Waals surface area (Å²) in [5.41, 5.74) is 3.69. The highest BCUT2D eigenvalue weighted by molar-refractivity contribution is 7.80. The van der Waals surface area contributed by atoms with Crippen LogP contribution in [0.5, 0.6) is 0 Å². The zero-order valence-electron chi connectivity index (χ0n) is 22.0. The lowest BCUT2D eigenvalue weighted by molar-refractivity contribution is -0.116. The molecule has 3 aromatic carbocycles. The van der Waals surface area contributed by atoms with Gasteiger partial charge in [0.15, 0.2) is 10.2 Å². The van der Waals surface area contributed by atoms with E-state index in [-0.39, 0.29) is 24.4 Å². The summed E-state index contributed by atoms with van der Waals surface area (Å²) >= 11 is 7.51. The third-order valence-corrected chi connectivity index (χ3v) is 8.80. The van der Waals surface area contributed by atoms with Gasteiger partial charge < -0.3 is 15.5 Å². The molecule has 1 aliphatic rings. The van der Waals surface area contributed by atoms with E-state index < -0.39 is 0 Å². The molecule has 1 amide bonds. The van der Waals surface area contributed by atoms with Gasteiger partial charge in [-0.25, -0.2) is 4.98 Å². The molecule has 1 saturated heterocycles. The van der Waals surface area contributed by atoms with Crippen LogP contribution >= 0.6 is 23.6 Å². The maximum atomic E-state index is 13.2. The van der Waals surface area contributed by atoms with Gasteiger partial charge in [0.05, 0.1) is 33.7 Å². The number of nitrogens with zero attached hydrogens (tertiary/aromatic N) is 4. The van der Waals surface area contributed by atoms with Crippen molar-refractivity contribution in [1.82, 2.24) is 24.8 Å². The van der Waals surface area contributed by atoms with E-state index in [1.807, 2.05) is 91.1 Å². The third-order valence-electron chi connectivity index (χ3n) is 7.41. The molecule has 2 atom stereocenters. The number of hydrogen-bond donors (Lipinski definition) is 2. The number of rotatable bonds is 7. The summed E-state index contributed by atoms with van der Waals surface area (Å²) in [5, 5.41) is 10.2. The Kier molecular flexibility index (Phi) is 6.66. The predicted molar refractivity (Wildman–Crippen MR) is 168 cm³/mol. The number of para-hydroxylation sites is 1. The van der Waals surface area contributed by atoms with Gasteiger partial charge in [-0.3, -0.25) is 14.3 Å². The van der Waals surface area contributed by atoms with Crippen LogP contribution in [0, 0.1) is 0 Å². The van der Waals surface area contributed by atoms with Crippen LogP contribution in [0.15, 0.2) is 109 Å². The maximum Gasteiger partial charge on any atom is 0.226 e. The van der Waals surface area contributed by atoms with Crippen molar-refractivity contribution in [3.05, 3.63) is 121 Å². The minimum absolute atomic E-state index is 0.0641. The average Bonchev–Trinajstić information content (AvgIpc) is 3.73. The fraction of sp³-hybridized carbons (Fsp3) is 0.125. The molecule has 9 heteroatoms. The monoisotopic (exact) mass is 574 g/mol. The van der Waals surface area contributed by atoms with Gasteiger partial charge in [-0.1, -0.05) is 65.9 Å². The fourth-order valence-corrected chi connectivity index (χ4v) is 6.81. The molecule has 41 heavy (non-hydrogen) atoms. The molecule has 0 aliphatic carbocycles. The van der Waals surface area contributed by atoms with E-state index in [0.29, 0.717) is 11.7 Å². The molecule has 7 rings (SSSR count). The largest absolute Gasteiger partial charge is 0.352 e. The van der Waals surface area contributed by atoms with Crippen molar-refractivity contribution in [1.29, 1.82) is 0 Å². The molecule has 6 aromatic rings. The lowest BCUT2D eigenvalue weighted by Crippen LogP contribution is -2.33. The van der Waals surface area contributed by atoms with Crippen molar-refractivity contribution in [2.45, 2.75) is 18.5 Å². The maximum absolute atomic E-state index is 13.2. The summed E-state index contributed by atoms with van der Waals surface area (Å²) in [6.07, 6.45) is 4.11. The number of carbonyl (C=O) groups is 1. The molecule has 1 fully saturated rings. The van der Waals surface area contributed by atoms with E-state index in [2.05, 4.69) is 37.2 Å². The van der Waals surface area contributed by atoms with Crippen LogP contribution in [0.25, 0.3) is 26.1 Å². The number of hydrogen-bond acceptors (Lipinski definition) is 5. The van der Waals surface area contributed by atoms with Gasteiger partial charge in [0.1, 0.15) is 0 Å². The minimum Gasteiger partial charge on any atom is -0.352 e. The normalized spacial score (nSPS) is 16.8. The number of thiocarbonyl (C=S) groups is 1. The van der Waals surface area contributed by atoms with Crippen molar-refractivity contribution >= 4 is 61.3 Å². The Bertz CT molecular complexity index is 1840. The van der Waals surface area contributed by atoms with E-state index in [4.69, 9.17) is 17.2 Å². The summed E-state index contributed by atoms with van der Waals surface area (Å²) in [4.78, 5) is 24.9. The zero-order valence-corrected chi connectivity index (χ0v) is 23.6. The molecular weight excluding hydrogens is 549 g/mol. The molecular formula is C32H26N6OS2. The number of amides is 1. The zero-order chi connectivity index (χ0) is 27.8. The lowest BCUT2D eigenvalue weighted by Gasteiger charge is -2.28. The van der Waals surface area contributed by atoms with Crippen LogP contribution in [0.4, 0.5) is 5.69 Å². The predicted octanol–water partition coefficient (Wildman–Crippen LogP) is 6.64. The fourth-order valence-electron chi connectivity index (χ4n) is 5.51. The first-order chi connectivity index (χ1) is 20.2. The van der Waals surface area contributed by atoms with Crippen molar-refractivity contribution in [2.75, 3.05) is 11.9 Å². The molecule has 2 N–H and O–H groups in total. The van der Waals surface area contributed by atoms with E-state index >= 15 is 0 Å². The molecule has 0 spiro atoms. The number of thiazole rings is 1. The lowest BCUT2D eigenvalue weighted by atomic mass is 10.0. The highest BCUT2D eigenvalue weighted by atomic mass is 32.1. The van der Waals surface area contributed by atoms with Crippen molar-refractivity contribution in [2.24, 2.45) is 0 Å². The molecule has 0 saturated carbocycles. The second-order valence-corrected chi connectivity index (χ2v) is 11.3. The van der Waals surface area contributed by atoms with Crippen molar-refractivity contribution in [3.63, 3.8) is 0 Å². The van der Waals surface area contributed by atoms with Gasteiger partial charge >= 0.3 is 0 Å². The smallest absolute Gasteiger partial charge is 0.226 e. The van der Waals surface area contributed by atoms with Crippen molar-refractivity contribution in [3.8, 4) is 5.13 Å². The van der Waals surface area contributed by atoms with Crippen LogP contribution in [0.3, 0.4) is 0 Å². The summed E-state index contributed by atoms with van der Waals surface area (Å²) in [6, 6.07) is 31.8. The first-order valence-electron chi connectivity index (χ1n) is 13.4. The van der Waals surface area contributed by atoms with Crippen LogP contribution < -0.4 is 10.6 Å². The number of carbonyl (C=O) groups excluding carboxylic acids is 1. The number of nitrogens with one attached hydrogen (secondary N) is 2. The first-order valence-corrected chi connectivity index (χ1v) is 14.7. The molecule has 4 heterocycles. The molecule has 1 aliphatic heterocycles. The molecule has 0 bridgehead atoms. The topological polar surface area (TPSA) is 75.1 Å². The van der Waals surface area contributed by atoms with E-state index in [9.17, 15) is 4.79 Å². The van der Waals surface area contributed by atoms with Crippen LogP contribution in [-0.4, -0.2) is 37.0 Å². The van der Waals surface area contributed by atoms with Gasteiger partial charge in [-0.05, 0) is 60.1 Å². The van der Waals surface area contributed by atoms with Crippen LogP contribution in [-0.2, 0) is 4.79 Å². The number of aromatic nitrogens is 3. The van der Waals surface area contributed by atoms with E-state index in [1.54, 1.807) is 17.5 Å². The van der Waals surface area contributed by atoms with Gasteiger partial charge in [0, 0.05) is 36.4 Å².